The number of nitrogens with one attached hydrogen (secondary N) is 1. The molecule has 1 rings (SSSR count). The lowest BCUT2D eigenvalue weighted by Gasteiger charge is -2.15. The summed E-state index contributed by atoms with van der Waals surface area (Å²) in [5, 5.41) is 14.0. The molecule has 3 N–H and O–H groups in total. The van der Waals surface area contributed by atoms with Crippen LogP contribution in [0.4, 0.5) is 5.69 Å². The Kier molecular flexibility index (Phi) is 6.57. The standard InChI is InChI=1S/C13H18BrN3O4/c1-3-16-10(13(15)18)4-5-21-12-8(2)6-9(14)7-11(12)17(19)20/h6-7,10,16H,3-5H2,1-2H3,(H2,15,18). The lowest BCUT2D eigenvalue weighted by molar-refractivity contribution is -0.386. The molecule has 0 aromatic heterocycles. The molecule has 21 heavy (non-hydrogen) atoms. The number of benzene rings is 1. The van der Waals surface area contributed by atoms with Crippen molar-refractivity contribution >= 4 is 27.5 Å². The number of rotatable bonds is 8. The molecule has 0 saturated heterocycles. The number of nitro benzene ring substituents is 1. The van der Waals surface area contributed by atoms with E-state index in [-0.39, 0.29) is 18.0 Å². The molecule has 1 atom stereocenters. The Morgan fingerprint density at radius 3 is 2.76 bits per heavy atom. The number of halogens is 1. The number of nitro groups is 1. The van der Waals surface area contributed by atoms with Crippen LogP contribution in [-0.4, -0.2) is 30.0 Å². The molecule has 1 aromatic rings. The minimum Gasteiger partial charge on any atom is -0.487 e. The van der Waals surface area contributed by atoms with Crippen molar-refractivity contribution in [1.29, 1.82) is 0 Å². The number of hydrogen-bond donors (Lipinski definition) is 2. The van der Waals surface area contributed by atoms with E-state index in [4.69, 9.17) is 10.5 Å². The second-order valence-electron chi connectivity index (χ2n) is 4.48. The molecule has 1 aromatic carbocycles. The molecule has 0 bridgehead atoms. The second-order valence-corrected chi connectivity index (χ2v) is 5.39. The molecule has 0 saturated carbocycles. The molecular weight excluding hydrogens is 342 g/mol. The van der Waals surface area contributed by atoms with Gasteiger partial charge in [-0.05, 0) is 25.1 Å². The van der Waals surface area contributed by atoms with Crippen molar-refractivity contribution in [3.63, 3.8) is 0 Å². The van der Waals surface area contributed by atoms with Gasteiger partial charge in [0.15, 0.2) is 5.75 Å². The summed E-state index contributed by atoms with van der Waals surface area (Å²) in [5.41, 5.74) is 5.80. The van der Waals surface area contributed by atoms with E-state index < -0.39 is 16.9 Å². The Balaban J connectivity index is 2.79. The summed E-state index contributed by atoms with van der Waals surface area (Å²) < 4.78 is 6.11. The van der Waals surface area contributed by atoms with Gasteiger partial charge in [0, 0.05) is 17.0 Å². The van der Waals surface area contributed by atoms with Gasteiger partial charge >= 0.3 is 5.69 Å². The molecule has 8 heteroatoms. The number of primary amides is 1. The van der Waals surface area contributed by atoms with E-state index in [1.807, 2.05) is 6.92 Å². The van der Waals surface area contributed by atoms with Crippen molar-refractivity contribution in [3.05, 3.63) is 32.3 Å². The first-order valence-corrected chi connectivity index (χ1v) is 7.26. The van der Waals surface area contributed by atoms with Gasteiger partial charge in [-0.25, -0.2) is 0 Å². The molecule has 1 amide bonds. The van der Waals surface area contributed by atoms with Crippen molar-refractivity contribution < 1.29 is 14.5 Å². The van der Waals surface area contributed by atoms with Crippen molar-refractivity contribution in [1.82, 2.24) is 5.32 Å². The van der Waals surface area contributed by atoms with E-state index in [0.29, 0.717) is 23.0 Å². The van der Waals surface area contributed by atoms with Gasteiger partial charge in [-0.15, -0.1) is 0 Å². The van der Waals surface area contributed by atoms with Gasteiger partial charge in [0.1, 0.15) is 0 Å². The fourth-order valence-corrected chi connectivity index (χ4v) is 2.47. The fourth-order valence-electron chi connectivity index (χ4n) is 1.91. The van der Waals surface area contributed by atoms with E-state index in [1.54, 1.807) is 13.0 Å². The molecule has 0 aliphatic carbocycles. The van der Waals surface area contributed by atoms with Crippen molar-refractivity contribution in [2.24, 2.45) is 5.73 Å². The third-order valence-corrected chi connectivity index (χ3v) is 3.32. The highest BCUT2D eigenvalue weighted by Gasteiger charge is 2.20. The van der Waals surface area contributed by atoms with Gasteiger partial charge < -0.3 is 15.8 Å². The van der Waals surface area contributed by atoms with Gasteiger partial charge in [-0.3, -0.25) is 14.9 Å². The number of nitrogens with two attached hydrogens (primary N) is 1. The van der Waals surface area contributed by atoms with Crippen LogP contribution in [0.2, 0.25) is 0 Å². The Morgan fingerprint density at radius 2 is 2.24 bits per heavy atom. The van der Waals surface area contributed by atoms with Crippen LogP contribution < -0.4 is 15.8 Å². The first-order valence-electron chi connectivity index (χ1n) is 6.46. The number of carbonyl (C=O) groups is 1. The quantitative estimate of drug-likeness (QED) is 0.544. The van der Waals surface area contributed by atoms with E-state index in [2.05, 4.69) is 21.2 Å². The average Bonchev–Trinajstić information content (AvgIpc) is 2.38. The first-order chi connectivity index (χ1) is 9.86. The van der Waals surface area contributed by atoms with Crippen molar-refractivity contribution in [2.75, 3.05) is 13.2 Å². The van der Waals surface area contributed by atoms with Crippen LogP contribution in [-0.2, 0) is 4.79 Å². The highest BCUT2D eigenvalue weighted by atomic mass is 79.9. The largest absolute Gasteiger partial charge is 0.487 e. The van der Waals surface area contributed by atoms with Crippen LogP contribution in [0.1, 0.15) is 18.9 Å². The summed E-state index contributed by atoms with van der Waals surface area (Å²) in [6.45, 7) is 4.35. The Hall–Kier alpha value is -1.67. The summed E-state index contributed by atoms with van der Waals surface area (Å²) in [6, 6.07) is 2.61. The Bertz CT molecular complexity index is 536. The predicted molar refractivity (Wildman–Crippen MR) is 82.3 cm³/mol. The van der Waals surface area contributed by atoms with Crippen LogP contribution >= 0.6 is 15.9 Å². The molecule has 0 radical (unpaired) electrons. The number of hydrogen-bond acceptors (Lipinski definition) is 5. The lowest BCUT2D eigenvalue weighted by atomic mass is 10.2. The Morgan fingerprint density at radius 1 is 1.57 bits per heavy atom. The zero-order valence-corrected chi connectivity index (χ0v) is 13.5. The molecule has 0 heterocycles. The summed E-state index contributed by atoms with van der Waals surface area (Å²) in [6.07, 6.45) is 0.343. The third-order valence-electron chi connectivity index (χ3n) is 2.86. The minimum absolute atomic E-state index is 0.110. The van der Waals surface area contributed by atoms with Gasteiger partial charge in [-0.2, -0.15) is 0 Å². The topological polar surface area (TPSA) is 107 Å². The maximum Gasteiger partial charge on any atom is 0.312 e. The van der Waals surface area contributed by atoms with Gasteiger partial charge in [-0.1, -0.05) is 22.9 Å². The van der Waals surface area contributed by atoms with Crippen LogP contribution in [0.15, 0.2) is 16.6 Å². The molecule has 116 valence electrons. The first kappa shape index (κ1) is 17.4. The van der Waals surface area contributed by atoms with Gasteiger partial charge in [0.05, 0.1) is 17.6 Å². The van der Waals surface area contributed by atoms with E-state index in [1.165, 1.54) is 6.07 Å². The molecule has 0 aliphatic heterocycles. The van der Waals surface area contributed by atoms with E-state index in [9.17, 15) is 14.9 Å². The summed E-state index contributed by atoms with van der Waals surface area (Å²) in [7, 11) is 0. The highest BCUT2D eigenvalue weighted by molar-refractivity contribution is 9.10. The smallest absolute Gasteiger partial charge is 0.312 e. The Labute approximate surface area is 131 Å². The number of aryl methyl sites for hydroxylation is 1. The van der Waals surface area contributed by atoms with E-state index in [0.717, 1.165) is 0 Å². The van der Waals surface area contributed by atoms with Crippen LogP contribution in [0.3, 0.4) is 0 Å². The number of likely N-dealkylation sites (N-methyl/N-ethyl adjacent to an activating group) is 1. The molecular formula is C13H18BrN3O4. The van der Waals surface area contributed by atoms with Gasteiger partial charge in [0.2, 0.25) is 5.91 Å². The molecule has 1 unspecified atom stereocenters. The zero-order valence-electron chi connectivity index (χ0n) is 11.9. The van der Waals surface area contributed by atoms with Crippen LogP contribution in [0.5, 0.6) is 5.75 Å². The van der Waals surface area contributed by atoms with Crippen molar-refractivity contribution in [2.45, 2.75) is 26.3 Å². The normalized spacial score (nSPS) is 12.0. The lowest BCUT2D eigenvalue weighted by Crippen LogP contribution is -2.42. The number of ether oxygens (including phenoxy) is 1. The number of amides is 1. The maximum absolute atomic E-state index is 11.2. The molecule has 7 nitrogen and oxygen atoms in total. The monoisotopic (exact) mass is 359 g/mol. The summed E-state index contributed by atoms with van der Waals surface area (Å²) >= 11 is 3.22. The zero-order chi connectivity index (χ0) is 16.0. The van der Waals surface area contributed by atoms with Crippen LogP contribution in [0.25, 0.3) is 0 Å². The third kappa shape index (κ3) is 4.98. The predicted octanol–water partition coefficient (Wildman–Crippen LogP) is 1.90. The highest BCUT2D eigenvalue weighted by Crippen LogP contribution is 2.34. The SMILES string of the molecule is CCNC(CCOc1c(C)cc(Br)cc1[N+](=O)[O-])C(N)=O. The fraction of sp³-hybridized carbons (Fsp3) is 0.462. The molecule has 0 fully saturated rings. The maximum atomic E-state index is 11.2. The van der Waals surface area contributed by atoms with Crippen molar-refractivity contribution in [3.8, 4) is 5.75 Å². The molecule has 0 aliphatic rings. The number of carbonyl (C=O) groups excluding carboxylic acids is 1. The second kappa shape index (κ2) is 7.94. The van der Waals surface area contributed by atoms with E-state index >= 15 is 0 Å². The average molecular weight is 360 g/mol. The van der Waals surface area contributed by atoms with Gasteiger partial charge in [0.25, 0.3) is 0 Å². The van der Waals surface area contributed by atoms with Crippen LogP contribution in [0, 0.1) is 17.0 Å². The molecule has 0 spiro atoms. The summed E-state index contributed by atoms with van der Waals surface area (Å²) in [5.74, 6) is -0.259. The minimum atomic E-state index is -0.509. The number of nitrogens with zero attached hydrogens (tertiary/aromatic N) is 1. The summed E-state index contributed by atoms with van der Waals surface area (Å²) in [4.78, 5) is 21.8.